The van der Waals surface area contributed by atoms with Crippen LogP contribution in [0.4, 0.5) is 5.69 Å². The Bertz CT molecular complexity index is 895. The molecule has 158 valence electrons. The highest BCUT2D eigenvalue weighted by molar-refractivity contribution is 6.05. The fourth-order valence-electron chi connectivity index (χ4n) is 3.25. The summed E-state index contributed by atoms with van der Waals surface area (Å²) >= 11 is 0. The third-order valence-corrected chi connectivity index (χ3v) is 4.81. The van der Waals surface area contributed by atoms with Crippen LogP contribution in [0.3, 0.4) is 0 Å². The molecular formula is C22H24N2O6. The van der Waals surface area contributed by atoms with Crippen LogP contribution in [0.15, 0.2) is 60.0 Å². The second-order valence-electron chi connectivity index (χ2n) is 6.71. The Morgan fingerprint density at radius 1 is 1.10 bits per heavy atom. The van der Waals surface area contributed by atoms with Crippen LogP contribution < -0.4 is 10.2 Å². The van der Waals surface area contributed by atoms with Crippen molar-refractivity contribution in [2.75, 3.05) is 32.3 Å². The summed E-state index contributed by atoms with van der Waals surface area (Å²) in [5, 5.41) is 2.87. The second-order valence-corrected chi connectivity index (χ2v) is 6.71. The van der Waals surface area contributed by atoms with Gasteiger partial charge in [0.2, 0.25) is 0 Å². The summed E-state index contributed by atoms with van der Waals surface area (Å²) in [7, 11) is 2.48. The molecule has 1 amide bonds. The van der Waals surface area contributed by atoms with Crippen LogP contribution in [0.2, 0.25) is 0 Å². The minimum atomic E-state index is -0.690. The van der Waals surface area contributed by atoms with Crippen molar-refractivity contribution in [2.45, 2.75) is 18.9 Å². The monoisotopic (exact) mass is 412 g/mol. The number of hydrogen-bond acceptors (Lipinski definition) is 7. The van der Waals surface area contributed by atoms with Crippen molar-refractivity contribution in [3.05, 3.63) is 65.5 Å². The van der Waals surface area contributed by atoms with Gasteiger partial charge < -0.3 is 24.4 Å². The van der Waals surface area contributed by atoms with E-state index in [1.54, 1.807) is 42.6 Å². The number of carbonyl (C=O) groups excluding carboxylic acids is 3. The molecule has 0 aromatic heterocycles. The lowest BCUT2D eigenvalue weighted by atomic mass is 10.1. The Labute approximate surface area is 174 Å². The molecule has 0 saturated carbocycles. The van der Waals surface area contributed by atoms with Crippen molar-refractivity contribution in [1.82, 2.24) is 5.32 Å². The second kappa shape index (κ2) is 9.89. The first-order chi connectivity index (χ1) is 14.5. The number of anilines is 1. The lowest BCUT2D eigenvalue weighted by molar-refractivity contribution is -0.139. The van der Waals surface area contributed by atoms with Crippen molar-refractivity contribution in [3.63, 3.8) is 0 Å². The van der Waals surface area contributed by atoms with Gasteiger partial charge in [-0.25, -0.2) is 9.59 Å². The number of rotatable bonds is 6. The largest absolute Gasteiger partial charge is 0.465 e. The molecule has 1 atom stereocenters. The van der Waals surface area contributed by atoms with Gasteiger partial charge in [0.25, 0.3) is 5.91 Å². The van der Waals surface area contributed by atoms with Crippen LogP contribution in [-0.4, -0.2) is 51.3 Å². The number of nitrogens with zero attached hydrogens (tertiary/aromatic N) is 1. The van der Waals surface area contributed by atoms with E-state index < -0.39 is 11.9 Å². The van der Waals surface area contributed by atoms with E-state index in [4.69, 9.17) is 14.2 Å². The van der Waals surface area contributed by atoms with E-state index in [1.807, 2.05) is 0 Å². The van der Waals surface area contributed by atoms with Gasteiger partial charge in [-0.15, -0.1) is 0 Å². The van der Waals surface area contributed by atoms with Gasteiger partial charge in [0.1, 0.15) is 5.70 Å². The molecule has 2 aliphatic rings. The molecule has 3 rings (SSSR count). The Morgan fingerprint density at radius 3 is 2.47 bits per heavy atom. The molecule has 1 fully saturated rings. The summed E-state index contributed by atoms with van der Waals surface area (Å²) < 4.78 is 15.2. The van der Waals surface area contributed by atoms with Gasteiger partial charge in [0.05, 0.1) is 25.9 Å². The number of methoxy groups -OCH3 is 2. The molecular weight excluding hydrogens is 388 g/mol. The number of nitrogens with one attached hydrogen (secondary N) is 1. The van der Waals surface area contributed by atoms with Crippen molar-refractivity contribution in [1.29, 1.82) is 0 Å². The van der Waals surface area contributed by atoms with Crippen molar-refractivity contribution >= 4 is 23.5 Å². The highest BCUT2D eigenvalue weighted by Gasteiger charge is 2.27. The Balaban J connectivity index is 1.83. The highest BCUT2D eigenvalue weighted by Crippen LogP contribution is 2.26. The van der Waals surface area contributed by atoms with Crippen molar-refractivity contribution < 1.29 is 28.6 Å². The molecule has 0 radical (unpaired) electrons. The molecule has 8 nitrogen and oxygen atoms in total. The van der Waals surface area contributed by atoms with E-state index in [1.165, 1.54) is 25.2 Å². The third-order valence-electron chi connectivity index (χ3n) is 4.81. The van der Waals surface area contributed by atoms with Crippen LogP contribution >= 0.6 is 0 Å². The van der Waals surface area contributed by atoms with Gasteiger partial charge >= 0.3 is 11.9 Å². The number of carbonyl (C=O) groups is 3. The summed E-state index contributed by atoms with van der Waals surface area (Å²) in [6, 6.07) is 6.68. The highest BCUT2D eigenvalue weighted by atomic mass is 16.5. The standard InChI is InChI=1S/C22H24N2O6/c1-28-21(26)18-7-3-4-12-24(19(18)22(27)29-2)16-10-8-15(9-11-16)20(25)23-14-17-6-5-13-30-17/h3-4,7-12,17H,5-6,13-14H2,1-2H3,(H,23,25). The Hall–Kier alpha value is -3.39. The average Bonchev–Trinajstić information content (AvgIpc) is 3.21. The number of amides is 1. The van der Waals surface area contributed by atoms with E-state index >= 15 is 0 Å². The Morgan fingerprint density at radius 2 is 1.83 bits per heavy atom. The van der Waals surface area contributed by atoms with E-state index in [2.05, 4.69) is 5.32 Å². The van der Waals surface area contributed by atoms with Crippen molar-refractivity contribution in [2.24, 2.45) is 0 Å². The first kappa shape index (κ1) is 21.3. The number of ether oxygens (including phenoxy) is 3. The maximum Gasteiger partial charge on any atom is 0.355 e. The molecule has 0 spiro atoms. The van der Waals surface area contributed by atoms with E-state index in [0.717, 1.165) is 19.4 Å². The first-order valence-electron chi connectivity index (χ1n) is 9.60. The van der Waals surface area contributed by atoms with Gasteiger partial charge in [-0.1, -0.05) is 6.08 Å². The molecule has 30 heavy (non-hydrogen) atoms. The van der Waals surface area contributed by atoms with E-state index in [9.17, 15) is 14.4 Å². The molecule has 1 aromatic rings. The number of allylic oxidation sites excluding steroid dienone is 2. The number of hydrogen-bond donors (Lipinski definition) is 1. The molecule has 0 aliphatic carbocycles. The zero-order valence-corrected chi connectivity index (χ0v) is 16.9. The molecule has 1 N–H and O–H groups in total. The summed E-state index contributed by atoms with van der Waals surface area (Å²) in [5.74, 6) is -1.56. The fraction of sp³-hybridized carbons (Fsp3) is 0.318. The van der Waals surface area contributed by atoms with Crippen molar-refractivity contribution in [3.8, 4) is 0 Å². The molecule has 1 unspecified atom stereocenters. The molecule has 1 saturated heterocycles. The van der Waals surface area contributed by atoms with Crippen LogP contribution in [0.1, 0.15) is 23.2 Å². The van der Waals surface area contributed by atoms with Gasteiger partial charge in [-0.2, -0.15) is 0 Å². The molecule has 2 heterocycles. The van der Waals surface area contributed by atoms with Crippen LogP contribution in [0.5, 0.6) is 0 Å². The maximum absolute atomic E-state index is 12.4. The van der Waals surface area contributed by atoms with Crippen LogP contribution in [0.25, 0.3) is 0 Å². The predicted molar refractivity (Wildman–Crippen MR) is 110 cm³/mol. The number of esters is 2. The summed E-state index contributed by atoms with van der Waals surface area (Å²) in [6.07, 6.45) is 8.44. The quantitative estimate of drug-likeness (QED) is 0.715. The van der Waals surface area contributed by atoms with Gasteiger partial charge in [0, 0.05) is 30.6 Å². The van der Waals surface area contributed by atoms with E-state index in [-0.39, 0.29) is 23.3 Å². The minimum absolute atomic E-state index is 0.0185. The minimum Gasteiger partial charge on any atom is -0.465 e. The maximum atomic E-state index is 12.4. The molecule has 2 aliphatic heterocycles. The lowest BCUT2D eigenvalue weighted by Gasteiger charge is -2.23. The summed E-state index contributed by atoms with van der Waals surface area (Å²) in [5.41, 5.74) is 1.13. The van der Waals surface area contributed by atoms with Gasteiger partial charge in [-0.3, -0.25) is 4.79 Å². The normalized spacial score (nSPS) is 18.2. The molecule has 1 aromatic carbocycles. The predicted octanol–water partition coefficient (Wildman–Crippen LogP) is 2.09. The average molecular weight is 412 g/mol. The lowest BCUT2D eigenvalue weighted by Crippen LogP contribution is -2.31. The topological polar surface area (TPSA) is 94.2 Å². The third kappa shape index (κ3) is 4.77. The summed E-state index contributed by atoms with van der Waals surface area (Å²) in [6.45, 7) is 1.20. The van der Waals surface area contributed by atoms with Gasteiger partial charge in [-0.05, 0) is 49.3 Å². The van der Waals surface area contributed by atoms with Gasteiger partial charge in [0.15, 0.2) is 0 Å². The molecule has 0 bridgehead atoms. The summed E-state index contributed by atoms with van der Waals surface area (Å²) in [4.78, 5) is 38.6. The van der Waals surface area contributed by atoms with Crippen LogP contribution in [0, 0.1) is 0 Å². The first-order valence-corrected chi connectivity index (χ1v) is 9.60. The zero-order valence-electron chi connectivity index (χ0n) is 16.9. The Kier molecular flexibility index (Phi) is 7.03. The zero-order chi connectivity index (χ0) is 21.5. The van der Waals surface area contributed by atoms with E-state index in [0.29, 0.717) is 17.8 Å². The van der Waals surface area contributed by atoms with Crippen LogP contribution in [-0.2, 0) is 23.8 Å². The smallest absolute Gasteiger partial charge is 0.355 e. The SMILES string of the molecule is COC(=O)C1=C(C(=O)OC)N(c2ccc(C(=O)NCC3CCCO3)cc2)C=CC=C1. The number of benzene rings is 1. The fourth-order valence-corrected chi connectivity index (χ4v) is 3.25. The molecule has 8 heteroatoms.